The largest absolute Gasteiger partial charge is 0.469 e. The summed E-state index contributed by atoms with van der Waals surface area (Å²) in [7, 11) is 1.31. The lowest BCUT2D eigenvalue weighted by Gasteiger charge is -2.32. The predicted octanol–water partition coefficient (Wildman–Crippen LogP) is 1.01. The van der Waals surface area contributed by atoms with Gasteiger partial charge in [0.25, 0.3) is 0 Å². The summed E-state index contributed by atoms with van der Waals surface area (Å²) in [6.07, 6.45) is -0.836. The van der Waals surface area contributed by atoms with Crippen LogP contribution in [0.5, 0.6) is 0 Å². The van der Waals surface area contributed by atoms with Gasteiger partial charge in [0.15, 0.2) is 0 Å². The first-order chi connectivity index (χ1) is 9.39. The number of esters is 1. The van der Waals surface area contributed by atoms with E-state index in [2.05, 4.69) is 10.1 Å². The molecule has 2 unspecified atom stereocenters. The first-order valence-corrected chi connectivity index (χ1v) is 6.58. The minimum atomic E-state index is -0.860. The second kappa shape index (κ2) is 7.38. The first kappa shape index (κ1) is 16.6. The number of aliphatic hydroxyl groups is 2. The maximum absolute atomic E-state index is 11.5. The number of ether oxygens (including phenoxy) is 1. The molecule has 1 aromatic rings. The highest BCUT2D eigenvalue weighted by molar-refractivity contribution is 5.70. The van der Waals surface area contributed by atoms with Gasteiger partial charge in [0, 0.05) is 11.6 Å². The summed E-state index contributed by atoms with van der Waals surface area (Å²) in [5, 5.41) is 22.9. The van der Waals surface area contributed by atoms with Crippen molar-refractivity contribution in [3.05, 3.63) is 35.9 Å². The standard InChI is InChI=1S/C15H23NO4/c1-15(2,10-17)16-12(9-13(18)20-3)14(19)11-7-5-4-6-8-11/h4-8,12,14,16-17,19H,9-10H2,1-3H3. The number of nitrogens with one attached hydrogen (secondary N) is 1. The Hall–Kier alpha value is -1.43. The second-order valence-corrected chi connectivity index (χ2v) is 5.43. The molecule has 5 heteroatoms. The molecule has 0 aliphatic rings. The van der Waals surface area contributed by atoms with Crippen molar-refractivity contribution < 1.29 is 19.7 Å². The molecule has 0 spiro atoms. The van der Waals surface area contributed by atoms with Crippen molar-refractivity contribution in [2.75, 3.05) is 13.7 Å². The zero-order valence-corrected chi connectivity index (χ0v) is 12.2. The molecule has 112 valence electrons. The fourth-order valence-corrected chi connectivity index (χ4v) is 1.93. The lowest BCUT2D eigenvalue weighted by Crippen LogP contribution is -2.51. The zero-order valence-electron chi connectivity index (χ0n) is 12.2. The smallest absolute Gasteiger partial charge is 0.307 e. The molecule has 20 heavy (non-hydrogen) atoms. The van der Waals surface area contributed by atoms with Crippen LogP contribution in [0.25, 0.3) is 0 Å². The first-order valence-electron chi connectivity index (χ1n) is 6.58. The van der Waals surface area contributed by atoms with Gasteiger partial charge in [-0.15, -0.1) is 0 Å². The van der Waals surface area contributed by atoms with Crippen LogP contribution in [0.4, 0.5) is 0 Å². The third-order valence-corrected chi connectivity index (χ3v) is 3.11. The number of hydrogen-bond donors (Lipinski definition) is 3. The summed E-state index contributed by atoms with van der Waals surface area (Å²) in [5.74, 6) is -0.411. The average Bonchev–Trinajstić information content (AvgIpc) is 2.46. The van der Waals surface area contributed by atoms with Crippen molar-refractivity contribution in [3.63, 3.8) is 0 Å². The topological polar surface area (TPSA) is 78.8 Å². The number of benzene rings is 1. The number of methoxy groups -OCH3 is 1. The molecule has 0 radical (unpaired) electrons. The van der Waals surface area contributed by atoms with E-state index in [1.807, 2.05) is 18.2 Å². The van der Waals surface area contributed by atoms with Crippen molar-refractivity contribution in [1.29, 1.82) is 0 Å². The lowest BCUT2D eigenvalue weighted by molar-refractivity contribution is -0.142. The van der Waals surface area contributed by atoms with Crippen molar-refractivity contribution in [1.82, 2.24) is 5.32 Å². The molecule has 0 saturated carbocycles. The van der Waals surface area contributed by atoms with Crippen LogP contribution in [0.2, 0.25) is 0 Å². The van der Waals surface area contributed by atoms with Crippen molar-refractivity contribution >= 4 is 5.97 Å². The SMILES string of the molecule is COC(=O)CC(NC(C)(C)CO)C(O)c1ccccc1. The van der Waals surface area contributed by atoms with Crippen molar-refractivity contribution in [2.45, 2.75) is 38.0 Å². The molecular weight excluding hydrogens is 258 g/mol. The molecule has 2 atom stereocenters. The van der Waals surface area contributed by atoms with Crippen LogP contribution in [0.3, 0.4) is 0 Å². The van der Waals surface area contributed by atoms with Gasteiger partial charge < -0.3 is 20.3 Å². The molecule has 1 rings (SSSR count). The number of hydrogen-bond acceptors (Lipinski definition) is 5. The number of carbonyl (C=O) groups excluding carboxylic acids is 1. The van der Waals surface area contributed by atoms with Crippen LogP contribution < -0.4 is 5.32 Å². The Morgan fingerprint density at radius 1 is 1.35 bits per heavy atom. The van der Waals surface area contributed by atoms with Crippen LogP contribution in [-0.2, 0) is 9.53 Å². The average molecular weight is 281 g/mol. The summed E-state index contributed by atoms with van der Waals surface area (Å²) < 4.78 is 4.66. The van der Waals surface area contributed by atoms with Crippen LogP contribution in [0.1, 0.15) is 31.9 Å². The van der Waals surface area contributed by atoms with E-state index in [1.165, 1.54) is 7.11 Å². The Morgan fingerprint density at radius 2 is 1.95 bits per heavy atom. The minimum Gasteiger partial charge on any atom is -0.469 e. The number of rotatable bonds is 7. The lowest BCUT2D eigenvalue weighted by atomic mass is 9.96. The summed E-state index contributed by atoms with van der Waals surface area (Å²) in [5.41, 5.74) is 0.108. The van der Waals surface area contributed by atoms with Gasteiger partial charge in [0.1, 0.15) is 0 Å². The van der Waals surface area contributed by atoms with Gasteiger partial charge >= 0.3 is 5.97 Å². The molecule has 0 aromatic heterocycles. The second-order valence-electron chi connectivity index (χ2n) is 5.43. The van der Waals surface area contributed by atoms with E-state index in [0.29, 0.717) is 5.56 Å². The minimum absolute atomic E-state index is 0.0238. The van der Waals surface area contributed by atoms with E-state index in [9.17, 15) is 15.0 Å². The Kier molecular flexibility index (Phi) is 6.13. The van der Waals surface area contributed by atoms with E-state index < -0.39 is 23.7 Å². The molecule has 1 aromatic carbocycles. The molecule has 0 bridgehead atoms. The summed E-state index contributed by atoms with van der Waals surface area (Å²) in [6.45, 7) is 3.50. The number of carbonyl (C=O) groups is 1. The summed E-state index contributed by atoms with van der Waals surface area (Å²) >= 11 is 0. The van der Waals surface area contributed by atoms with Crippen LogP contribution >= 0.6 is 0 Å². The van der Waals surface area contributed by atoms with Gasteiger partial charge in [-0.1, -0.05) is 30.3 Å². The molecule has 0 amide bonds. The van der Waals surface area contributed by atoms with Crippen molar-refractivity contribution in [3.8, 4) is 0 Å². The van der Waals surface area contributed by atoms with Crippen molar-refractivity contribution in [2.24, 2.45) is 0 Å². The van der Waals surface area contributed by atoms with E-state index in [1.54, 1.807) is 26.0 Å². The van der Waals surface area contributed by atoms with Gasteiger partial charge in [0.05, 0.1) is 26.2 Å². The molecule has 0 saturated heterocycles. The van der Waals surface area contributed by atoms with E-state index in [0.717, 1.165) is 0 Å². The maximum Gasteiger partial charge on any atom is 0.307 e. The van der Waals surface area contributed by atoms with Gasteiger partial charge in [-0.25, -0.2) is 0 Å². The highest BCUT2D eigenvalue weighted by atomic mass is 16.5. The molecule has 0 heterocycles. The van der Waals surface area contributed by atoms with Crippen LogP contribution in [0, 0.1) is 0 Å². The molecule has 0 fully saturated rings. The fourth-order valence-electron chi connectivity index (χ4n) is 1.93. The maximum atomic E-state index is 11.5. The van der Waals surface area contributed by atoms with Gasteiger partial charge in [-0.3, -0.25) is 4.79 Å². The highest BCUT2D eigenvalue weighted by Crippen LogP contribution is 2.21. The predicted molar refractivity (Wildman–Crippen MR) is 76.1 cm³/mol. The molecule has 0 aliphatic carbocycles. The number of aliphatic hydroxyl groups excluding tert-OH is 2. The normalized spacial score (nSPS) is 14.7. The fraction of sp³-hybridized carbons (Fsp3) is 0.533. The monoisotopic (exact) mass is 281 g/mol. The third-order valence-electron chi connectivity index (χ3n) is 3.11. The summed E-state index contributed by atoms with van der Waals surface area (Å²) in [6, 6.07) is 8.56. The molecule has 3 N–H and O–H groups in total. The molecule has 0 aliphatic heterocycles. The Bertz CT molecular complexity index is 419. The Morgan fingerprint density at radius 3 is 2.45 bits per heavy atom. The Balaban J connectivity index is 2.89. The van der Waals surface area contributed by atoms with Gasteiger partial charge in [-0.05, 0) is 19.4 Å². The summed E-state index contributed by atoms with van der Waals surface area (Å²) in [4.78, 5) is 11.5. The zero-order chi connectivity index (χ0) is 15.2. The third kappa shape index (κ3) is 4.92. The van der Waals surface area contributed by atoms with Gasteiger partial charge in [0.2, 0.25) is 0 Å². The van der Waals surface area contributed by atoms with Crippen LogP contribution in [0.15, 0.2) is 30.3 Å². The Labute approximate surface area is 119 Å². The van der Waals surface area contributed by atoms with E-state index >= 15 is 0 Å². The highest BCUT2D eigenvalue weighted by Gasteiger charge is 2.29. The molecule has 5 nitrogen and oxygen atoms in total. The molecular formula is C15H23NO4. The van der Waals surface area contributed by atoms with E-state index in [-0.39, 0.29) is 13.0 Å². The van der Waals surface area contributed by atoms with E-state index in [4.69, 9.17) is 0 Å². The van der Waals surface area contributed by atoms with Crippen LogP contribution in [-0.4, -0.2) is 41.5 Å². The van der Waals surface area contributed by atoms with Gasteiger partial charge in [-0.2, -0.15) is 0 Å². The quantitative estimate of drug-likeness (QED) is 0.650.